The van der Waals surface area contributed by atoms with E-state index in [2.05, 4.69) is 5.32 Å². The zero-order valence-corrected chi connectivity index (χ0v) is 11.1. The number of amides is 1. The minimum absolute atomic E-state index is 0.173. The van der Waals surface area contributed by atoms with Gasteiger partial charge in [0.15, 0.2) is 0 Å². The highest BCUT2D eigenvalue weighted by atomic mass is 16.4. The topological polar surface area (TPSA) is 89.9 Å². The van der Waals surface area contributed by atoms with Crippen LogP contribution in [0.5, 0.6) is 0 Å². The molecule has 0 aromatic heterocycles. The summed E-state index contributed by atoms with van der Waals surface area (Å²) in [5.74, 6) is -1.18. The van der Waals surface area contributed by atoms with E-state index < -0.39 is 11.5 Å². The summed E-state index contributed by atoms with van der Waals surface area (Å²) < 4.78 is 0. The Bertz CT molecular complexity index is 353. The molecule has 0 spiro atoms. The van der Waals surface area contributed by atoms with E-state index >= 15 is 0 Å². The summed E-state index contributed by atoms with van der Waals surface area (Å²) in [5.41, 5.74) is -1.06. The third-order valence-electron chi connectivity index (χ3n) is 4.09. The fraction of sp³-hybridized carbons (Fsp3) is 0.846. The minimum atomic E-state index is -1.06. The number of likely N-dealkylation sites (tertiary alicyclic amines) is 1. The summed E-state index contributed by atoms with van der Waals surface area (Å²) in [7, 11) is 0. The lowest BCUT2D eigenvalue weighted by atomic mass is 9.98. The average Bonchev–Trinajstić information content (AvgIpc) is 2.78. The van der Waals surface area contributed by atoms with Crippen molar-refractivity contribution in [2.24, 2.45) is 0 Å². The van der Waals surface area contributed by atoms with Crippen molar-refractivity contribution >= 4 is 11.9 Å². The van der Waals surface area contributed by atoms with Crippen molar-refractivity contribution in [2.45, 2.75) is 50.2 Å². The number of aliphatic hydroxyl groups is 1. The molecule has 0 radical (unpaired) electrons. The van der Waals surface area contributed by atoms with E-state index in [9.17, 15) is 19.8 Å². The summed E-state index contributed by atoms with van der Waals surface area (Å²) >= 11 is 0. The largest absolute Gasteiger partial charge is 0.480 e. The van der Waals surface area contributed by atoms with Crippen LogP contribution >= 0.6 is 0 Å². The second kappa shape index (κ2) is 5.88. The maximum Gasteiger partial charge on any atom is 0.329 e. The van der Waals surface area contributed by atoms with E-state index in [0.29, 0.717) is 19.4 Å². The van der Waals surface area contributed by atoms with Crippen LogP contribution in [0, 0.1) is 0 Å². The maximum atomic E-state index is 12.0. The standard InChI is InChI=1S/C13H22N2O4/c16-10-4-3-7-15(8-10)9-11(17)14-13(12(18)19)5-1-2-6-13/h10,16H,1-9H2,(H,14,17)(H,18,19)/t10-/m1/s1. The zero-order valence-electron chi connectivity index (χ0n) is 11.1. The molecule has 0 aromatic rings. The molecule has 1 aliphatic heterocycles. The van der Waals surface area contributed by atoms with Crippen molar-refractivity contribution < 1.29 is 19.8 Å². The molecular formula is C13H22N2O4. The predicted molar refractivity (Wildman–Crippen MR) is 68.7 cm³/mol. The van der Waals surface area contributed by atoms with Gasteiger partial charge in [-0.15, -0.1) is 0 Å². The van der Waals surface area contributed by atoms with Crippen LogP contribution in [-0.4, -0.2) is 58.3 Å². The normalized spacial score (nSPS) is 27.1. The highest BCUT2D eigenvalue weighted by molar-refractivity contribution is 5.88. The van der Waals surface area contributed by atoms with Gasteiger partial charge in [-0.25, -0.2) is 4.79 Å². The Morgan fingerprint density at radius 1 is 1.26 bits per heavy atom. The average molecular weight is 270 g/mol. The molecule has 1 saturated carbocycles. The monoisotopic (exact) mass is 270 g/mol. The molecule has 0 bridgehead atoms. The Balaban J connectivity index is 1.87. The highest BCUT2D eigenvalue weighted by Gasteiger charge is 2.42. The molecule has 1 aliphatic carbocycles. The van der Waals surface area contributed by atoms with Crippen molar-refractivity contribution in [3.63, 3.8) is 0 Å². The predicted octanol–water partition coefficient (Wildman–Crippen LogP) is -0.0433. The molecular weight excluding hydrogens is 248 g/mol. The Labute approximate surface area is 112 Å². The van der Waals surface area contributed by atoms with Crippen molar-refractivity contribution in [1.29, 1.82) is 0 Å². The summed E-state index contributed by atoms with van der Waals surface area (Å²) in [6, 6.07) is 0. The van der Waals surface area contributed by atoms with E-state index in [4.69, 9.17) is 0 Å². The molecule has 108 valence electrons. The van der Waals surface area contributed by atoms with Gasteiger partial charge >= 0.3 is 5.97 Å². The Kier molecular flexibility index (Phi) is 4.42. The second-order valence-corrected chi connectivity index (χ2v) is 5.67. The van der Waals surface area contributed by atoms with Gasteiger partial charge < -0.3 is 15.5 Å². The van der Waals surface area contributed by atoms with Crippen LogP contribution in [0.15, 0.2) is 0 Å². The molecule has 2 rings (SSSR count). The van der Waals surface area contributed by atoms with E-state index in [1.807, 2.05) is 4.90 Å². The summed E-state index contributed by atoms with van der Waals surface area (Å²) in [6.07, 6.45) is 3.98. The van der Waals surface area contributed by atoms with E-state index in [0.717, 1.165) is 32.2 Å². The number of nitrogens with zero attached hydrogens (tertiary/aromatic N) is 1. The van der Waals surface area contributed by atoms with Crippen LogP contribution in [0.2, 0.25) is 0 Å². The van der Waals surface area contributed by atoms with Crippen LogP contribution in [0.3, 0.4) is 0 Å². The first-order valence-electron chi connectivity index (χ1n) is 6.97. The Hall–Kier alpha value is -1.14. The van der Waals surface area contributed by atoms with Crippen LogP contribution in [0.4, 0.5) is 0 Å². The molecule has 1 saturated heterocycles. The van der Waals surface area contributed by atoms with Crippen molar-refractivity contribution in [3.8, 4) is 0 Å². The van der Waals surface area contributed by atoms with Crippen LogP contribution in [-0.2, 0) is 9.59 Å². The van der Waals surface area contributed by atoms with Crippen molar-refractivity contribution in [1.82, 2.24) is 10.2 Å². The van der Waals surface area contributed by atoms with Gasteiger partial charge in [-0.2, -0.15) is 0 Å². The number of aliphatic carboxylic acids is 1. The number of hydrogen-bond acceptors (Lipinski definition) is 4. The van der Waals surface area contributed by atoms with Gasteiger partial charge in [0.2, 0.25) is 5.91 Å². The third-order valence-corrected chi connectivity index (χ3v) is 4.09. The fourth-order valence-corrected chi connectivity index (χ4v) is 3.06. The summed E-state index contributed by atoms with van der Waals surface area (Å²) in [6.45, 7) is 1.45. The Morgan fingerprint density at radius 2 is 1.95 bits per heavy atom. The van der Waals surface area contributed by atoms with Gasteiger partial charge in [-0.1, -0.05) is 12.8 Å². The molecule has 2 aliphatic rings. The molecule has 1 heterocycles. The first kappa shape index (κ1) is 14.3. The number of carboxylic acids is 1. The molecule has 0 aromatic carbocycles. The summed E-state index contributed by atoms with van der Waals surface area (Å²) in [4.78, 5) is 25.2. The molecule has 1 amide bonds. The Morgan fingerprint density at radius 3 is 2.53 bits per heavy atom. The third kappa shape index (κ3) is 3.45. The SMILES string of the molecule is O=C(CN1CCC[C@@H](O)C1)NC1(C(=O)O)CCCC1. The molecule has 6 heteroatoms. The molecule has 3 N–H and O–H groups in total. The molecule has 2 fully saturated rings. The minimum Gasteiger partial charge on any atom is -0.480 e. The van der Waals surface area contributed by atoms with E-state index in [1.54, 1.807) is 0 Å². The highest BCUT2D eigenvalue weighted by Crippen LogP contribution is 2.29. The number of carboxylic acid groups (broad SMARTS) is 1. The van der Waals surface area contributed by atoms with E-state index in [-0.39, 0.29) is 18.6 Å². The maximum absolute atomic E-state index is 12.0. The number of rotatable bonds is 4. The lowest BCUT2D eigenvalue weighted by molar-refractivity contribution is -0.147. The van der Waals surface area contributed by atoms with Gasteiger partial charge in [0.05, 0.1) is 12.6 Å². The number of nitrogens with one attached hydrogen (secondary N) is 1. The van der Waals surface area contributed by atoms with Crippen LogP contribution in [0.1, 0.15) is 38.5 Å². The van der Waals surface area contributed by atoms with Gasteiger partial charge in [-0.3, -0.25) is 9.69 Å². The zero-order chi connectivity index (χ0) is 13.9. The van der Waals surface area contributed by atoms with Crippen LogP contribution in [0.25, 0.3) is 0 Å². The van der Waals surface area contributed by atoms with Gasteiger partial charge in [0, 0.05) is 6.54 Å². The molecule has 6 nitrogen and oxygen atoms in total. The van der Waals surface area contributed by atoms with Crippen molar-refractivity contribution in [2.75, 3.05) is 19.6 Å². The number of β-amino-alcohol motifs (C(OH)–C–C–N with tert-alkyl or cyclic N) is 1. The summed E-state index contributed by atoms with van der Waals surface area (Å²) in [5, 5.41) is 21.5. The number of carbonyl (C=O) groups is 2. The molecule has 19 heavy (non-hydrogen) atoms. The molecule has 0 unspecified atom stereocenters. The fourth-order valence-electron chi connectivity index (χ4n) is 3.06. The first-order chi connectivity index (χ1) is 9.02. The molecule has 1 atom stereocenters. The smallest absolute Gasteiger partial charge is 0.329 e. The number of piperidine rings is 1. The quantitative estimate of drug-likeness (QED) is 0.667. The second-order valence-electron chi connectivity index (χ2n) is 5.67. The lowest BCUT2D eigenvalue weighted by Gasteiger charge is -2.31. The lowest BCUT2D eigenvalue weighted by Crippen LogP contribution is -2.55. The number of aliphatic hydroxyl groups excluding tert-OH is 1. The van der Waals surface area contributed by atoms with Gasteiger partial charge in [-0.05, 0) is 32.2 Å². The number of hydrogen-bond donors (Lipinski definition) is 3. The first-order valence-corrected chi connectivity index (χ1v) is 6.97. The van der Waals surface area contributed by atoms with Crippen molar-refractivity contribution in [3.05, 3.63) is 0 Å². The van der Waals surface area contributed by atoms with Gasteiger partial charge in [0.25, 0.3) is 0 Å². The van der Waals surface area contributed by atoms with E-state index in [1.165, 1.54) is 0 Å². The van der Waals surface area contributed by atoms with Crippen LogP contribution < -0.4 is 5.32 Å². The van der Waals surface area contributed by atoms with Gasteiger partial charge in [0.1, 0.15) is 5.54 Å². The number of carbonyl (C=O) groups excluding carboxylic acids is 1.